The van der Waals surface area contributed by atoms with Crippen molar-refractivity contribution in [3.05, 3.63) is 125 Å². The second-order valence-electron chi connectivity index (χ2n) is 13.9. The Labute approximate surface area is 311 Å². The zero-order valence-corrected chi connectivity index (χ0v) is 33.1. The van der Waals surface area contributed by atoms with Crippen LogP contribution in [0, 0.1) is 0 Å². The molecule has 0 atom stereocenters. The van der Waals surface area contributed by atoms with Crippen LogP contribution in [0.5, 0.6) is 0 Å². The molecule has 3 aromatic heterocycles. The molecule has 7 heteroatoms. The van der Waals surface area contributed by atoms with E-state index in [0.29, 0.717) is 23.7 Å². The molecule has 0 spiro atoms. The molecule has 2 aromatic carbocycles. The van der Waals surface area contributed by atoms with Crippen molar-refractivity contribution >= 4 is 22.8 Å². The van der Waals surface area contributed by atoms with Crippen LogP contribution in [0.1, 0.15) is 127 Å². The van der Waals surface area contributed by atoms with Crippen molar-refractivity contribution in [1.29, 1.82) is 0 Å². The van der Waals surface area contributed by atoms with Crippen molar-refractivity contribution in [2.45, 2.75) is 92.9 Å². The number of aliphatic hydroxyl groups excluding tert-OH is 2. The average molecular weight is 700 g/mol. The summed E-state index contributed by atoms with van der Waals surface area (Å²) in [5.74, 6) is 1.20. The van der Waals surface area contributed by atoms with Gasteiger partial charge in [-0.2, -0.15) is 0 Å². The van der Waals surface area contributed by atoms with Gasteiger partial charge < -0.3 is 10.2 Å². The van der Waals surface area contributed by atoms with E-state index >= 15 is 0 Å². The van der Waals surface area contributed by atoms with Crippen molar-refractivity contribution < 1.29 is 10.2 Å². The number of aromatic nitrogens is 3. The van der Waals surface area contributed by atoms with Gasteiger partial charge in [-0.05, 0) is 119 Å². The fraction of sp³-hybridized carbons (Fsp3) is 0.356. The van der Waals surface area contributed by atoms with E-state index in [9.17, 15) is 0 Å². The van der Waals surface area contributed by atoms with Crippen LogP contribution in [0.2, 0.25) is 0 Å². The molecule has 0 saturated carbocycles. The van der Waals surface area contributed by atoms with Gasteiger partial charge in [0, 0.05) is 50.1 Å². The molecule has 0 amide bonds. The molecule has 0 aliphatic carbocycles. The van der Waals surface area contributed by atoms with Crippen molar-refractivity contribution in [3.8, 4) is 22.3 Å². The van der Waals surface area contributed by atoms with Crippen molar-refractivity contribution in [1.82, 2.24) is 15.0 Å². The van der Waals surface area contributed by atoms with Gasteiger partial charge in [-0.3, -0.25) is 20.0 Å². The molecule has 274 valence electrons. The molecular formula is C45H57N5O2. The lowest BCUT2D eigenvalue weighted by Gasteiger charge is -2.20. The summed E-state index contributed by atoms with van der Waals surface area (Å²) in [6, 6.07) is 23.5. The summed E-state index contributed by atoms with van der Waals surface area (Å²) in [5.41, 5.74) is 15.0. The molecule has 5 aromatic rings. The highest BCUT2D eigenvalue weighted by Gasteiger charge is 2.19. The lowest BCUT2D eigenvalue weighted by Crippen LogP contribution is -2.07. The number of pyridine rings is 3. The maximum Gasteiger partial charge on any atom is 0.0849 e. The van der Waals surface area contributed by atoms with Crippen LogP contribution in [0.15, 0.2) is 102 Å². The van der Waals surface area contributed by atoms with Crippen LogP contribution in [0.25, 0.3) is 22.3 Å². The van der Waals surface area contributed by atoms with Crippen LogP contribution in [-0.4, -0.2) is 50.8 Å². The second-order valence-corrected chi connectivity index (χ2v) is 13.9. The van der Waals surface area contributed by atoms with Gasteiger partial charge >= 0.3 is 0 Å². The Bertz CT molecular complexity index is 1750. The van der Waals surface area contributed by atoms with E-state index in [1.54, 1.807) is 0 Å². The Morgan fingerprint density at radius 1 is 0.481 bits per heavy atom. The number of aliphatic imine (C=N–C) groups is 2. The first-order valence-corrected chi connectivity index (χ1v) is 18.1. The normalized spacial score (nSPS) is 11.8. The Morgan fingerprint density at radius 3 is 1.08 bits per heavy atom. The Balaban J connectivity index is 0.00000176. The van der Waals surface area contributed by atoms with Crippen molar-refractivity contribution in [2.75, 3.05) is 14.2 Å². The second kappa shape index (κ2) is 19.7. The van der Waals surface area contributed by atoms with Crippen molar-refractivity contribution in [2.24, 2.45) is 9.98 Å². The van der Waals surface area contributed by atoms with E-state index in [2.05, 4.69) is 122 Å². The van der Waals surface area contributed by atoms with E-state index in [-0.39, 0.29) is 0 Å². The van der Waals surface area contributed by atoms with E-state index in [0.717, 1.165) is 59.5 Å². The van der Waals surface area contributed by atoms with Crippen LogP contribution >= 0.6 is 0 Å². The lowest BCUT2D eigenvalue weighted by atomic mass is 9.88. The van der Waals surface area contributed by atoms with E-state index in [1.807, 2.05) is 49.1 Å². The zero-order valence-electron chi connectivity index (χ0n) is 33.1. The highest BCUT2D eigenvalue weighted by Crippen LogP contribution is 2.41. The van der Waals surface area contributed by atoms with Crippen LogP contribution < -0.4 is 0 Å². The predicted molar refractivity (Wildman–Crippen MR) is 220 cm³/mol. The topological polar surface area (TPSA) is 104 Å². The van der Waals surface area contributed by atoms with E-state index in [1.165, 1.54) is 33.4 Å². The highest BCUT2D eigenvalue weighted by molar-refractivity contribution is 6.03. The monoisotopic (exact) mass is 699 g/mol. The average Bonchev–Trinajstić information content (AvgIpc) is 3.16. The molecule has 0 bridgehead atoms. The maximum absolute atomic E-state index is 7.00. The summed E-state index contributed by atoms with van der Waals surface area (Å²) in [6.07, 6.45) is 7.50. The number of benzene rings is 2. The predicted octanol–water partition coefficient (Wildman–Crippen LogP) is 11.2. The molecule has 5 rings (SSSR count). The summed E-state index contributed by atoms with van der Waals surface area (Å²) >= 11 is 0. The molecule has 0 aliphatic heterocycles. The zero-order chi connectivity index (χ0) is 38.5. The Morgan fingerprint density at radius 2 is 0.808 bits per heavy atom. The number of aliphatic hydroxyl groups is 2. The lowest BCUT2D eigenvalue weighted by molar-refractivity contribution is 0.399. The maximum atomic E-state index is 7.00. The molecule has 0 fully saturated rings. The fourth-order valence-corrected chi connectivity index (χ4v) is 6.07. The first kappa shape index (κ1) is 41.6. The number of hydrogen-bond acceptors (Lipinski definition) is 7. The smallest absolute Gasteiger partial charge is 0.0849 e. The van der Waals surface area contributed by atoms with Gasteiger partial charge in [0.1, 0.15) is 0 Å². The summed E-state index contributed by atoms with van der Waals surface area (Å²) < 4.78 is 0. The fourth-order valence-electron chi connectivity index (χ4n) is 6.07. The molecule has 3 heterocycles. The number of hydrogen-bond donors (Lipinski definition) is 2. The van der Waals surface area contributed by atoms with Crippen molar-refractivity contribution in [3.63, 3.8) is 0 Å². The molecule has 0 unspecified atom stereocenters. The largest absolute Gasteiger partial charge is 0.400 e. The number of rotatable bonds is 10. The van der Waals surface area contributed by atoms with Gasteiger partial charge in [-0.15, -0.1) is 0 Å². The Kier molecular flexibility index (Phi) is 15.7. The molecule has 0 saturated heterocycles. The minimum Gasteiger partial charge on any atom is -0.400 e. The first-order chi connectivity index (χ1) is 24.9. The molecule has 7 nitrogen and oxygen atoms in total. The standard InChI is InChI=1S/C43H49N5.2CH4O/c1-26(2)36-20-34(32-14-12-18-44-24-32)21-37(27(3)4)42(36)46-30(9)40-16-11-17-41(48-40)31(10)47-43-38(28(5)6)22-35(23-39(43)29(7)8)33-15-13-19-45-25-33;2*1-2/h11-29H,1-10H3;2*2H,1H3. The summed E-state index contributed by atoms with van der Waals surface area (Å²) in [7, 11) is 2.00. The van der Waals surface area contributed by atoms with Gasteiger partial charge in [0.2, 0.25) is 0 Å². The van der Waals surface area contributed by atoms with Crippen LogP contribution in [0.4, 0.5) is 11.4 Å². The van der Waals surface area contributed by atoms with Crippen LogP contribution in [0.3, 0.4) is 0 Å². The third-order valence-corrected chi connectivity index (χ3v) is 8.87. The van der Waals surface area contributed by atoms with Gasteiger partial charge in [-0.1, -0.05) is 73.6 Å². The SMILES string of the molecule is CC(=Nc1c(C(C)C)cc(-c2cccnc2)cc1C(C)C)c1cccc(C(C)=Nc2c(C(C)C)cc(-c3cccnc3)cc2C(C)C)n1.CO.CO. The van der Waals surface area contributed by atoms with Gasteiger partial charge in [0.05, 0.1) is 34.2 Å². The minimum absolute atomic E-state index is 0.300. The third kappa shape index (κ3) is 10.1. The molecule has 0 radical (unpaired) electrons. The van der Waals surface area contributed by atoms with Gasteiger partial charge in [0.25, 0.3) is 0 Å². The molecular weight excluding hydrogens is 643 g/mol. The summed E-state index contributed by atoms with van der Waals surface area (Å²) in [6.45, 7) is 22.0. The molecule has 0 aliphatic rings. The molecule has 2 N–H and O–H groups in total. The first-order valence-electron chi connectivity index (χ1n) is 18.1. The summed E-state index contributed by atoms with van der Waals surface area (Å²) in [5, 5.41) is 14.0. The summed E-state index contributed by atoms with van der Waals surface area (Å²) in [4.78, 5) is 24.4. The van der Waals surface area contributed by atoms with Gasteiger partial charge in [0.15, 0.2) is 0 Å². The highest BCUT2D eigenvalue weighted by atomic mass is 16.2. The van der Waals surface area contributed by atoms with E-state index in [4.69, 9.17) is 25.2 Å². The Hall–Kier alpha value is -4.85. The quantitative estimate of drug-likeness (QED) is 0.141. The van der Waals surface area contributed by atoms with E-state index < -0.39 is 0 Å². The van der Waals surface area contributed by atoms with Crippen LogP contribution in [-0.2, 0) is 0 Å². The number of nitrogens with zero attached hydrogens (tertiary/aromatic N) is 5. The molecule has 52 heavy (non-hydrogen) atoms. The van der Waals surface area contributed by atoms with Gasteiger partial charge in [-0.25, -0.2) is 4.98 Å². The minimum atomic E-state index is 0.300. The third-order valence-electron chi connectivity index (χ3n) is 8.87.